The second-order valence-electron chi connectivity index (χ2n) is 4.27. The van der Waals surface area contributed by atoms with Gasteiger partial charge in [-0.15, -0.1) is 0 Å². The number of methoxy groups -OCH3 is 1. The van der Waals surface area contributed by atoms with Crippen molar-refractivity contribution in [2.75, 3.05) is 26.9 Å². The molecule has 1 rings (SSSR count). The van der Waals surface area contributed by atoms with Crippen LogP contribution >= 0.6 is 0 Å². The Morgan fingerprint density at radius 1 is 1.50 bits per heavy atom. The van der Waals surface area contributed by atoms with E-state index in [-0.39, 0.29) is 19.1 Å². The maximum absolute atomic E-state index is 11.9. The molecule has 104 valence electrons. The van der Waals surface area contributed by atoms with E-state index >= 15 is 0 Å². The summed E-state index contributed by atoms with van der Waals surface area (Å²) in [6.45, 7) is 0.582. The van der Waals surface area contributed by atoms with Crippen LogP contribution in [-0.4, -0.2) is 66.1 Å². The van der Waals surface area contributed by atoms with E-state index in [0.717, 1.165) is 12.8 Å². The van der Waals surface area contributed by atoms with Gasteiger partial charge in [0.1, 0.15) is 6.04 Å². The first-order valence-electron chi connectivity index (χ1n) is 6.00. The summed E-state index contributed by atoms with van der Waals surface area (Å²) in [5.41, 5.74) is 0. The van der Waals surface area contributed by atoms with Crippen LogP contribution in [0.15, 0.2) is 0 Å². The molecule has 1 aliphatic rings. The summed E-state index contributed by atoms with van der Waals surface area (Å²) in [6.07, 6.45) is 1.88. The molecular formula is C11H20N2O5. The predicted octanol–water partition coefficient (Wildman–Crippen LogP) is -0.358. The van der Waals surface area contributed by atoms with Gasteiger partial charge in [0.15, 0.2) is 0 Å². The first-order chi connectivity index (χ1) is 8.60. The first-order valence-corrected chi connectivity index (χ1v) is 6.00. The molecule has 0 unspecified atom stereocenters. The number of ether oxygens (including phenoxy) is 1. The number of carbonyl (C=O) groups excluding carboxylic acids is 1. The zero-order valence-electron chi connectivity index (χ0n) is 10.5. The van der Waals surface area contributed by atoms with Crippen molar-refractivity contribution in [3.63, 3.8) is 0 Å². The number of carboxylic acid groups (broad SMARTS) is 1. The second-order valence-corrected chi connectivity index (χ2v) is 4.27. The molecule has 1 fully saturated rings. The summed E-state index contributed by atoms with van der Waals surface area (Å²) < 4.78 is 4.92. The fraction of sp³-hybridized carbons (Fsp3) is 0.818. The van der Waals surface area contributed by atoms with Gasteiger partial charge in [-0.2, -0.15) is 0 Å². The molecule has 2 amide bonds. The molecular weight excluding hydrogens is 240 g/mol. The Labute approximate surface area is 106 Å². The first kappa shape index (κ1) is 14.7. The number of nitrogens with zero attached hydrogens (tertiary/aromatic N) is 1. The third kappa shape index (κ3) is 4.50. The fourth-order valence-electron chi connectivity index (χ4n) is 1.64. The average molecular weight is 260 g/mol. The van der Waals surface area contributed by atoms with E-state index in [4.69, 9.17) is 14.9 Å². The van der Waals surface area contributed by atoms with E-state index in [0.29, 0.717) is 13.2 Å². The molecule has 0 aromatic carbocycles. The minimum Gasteiger partial charge on any atom is -0.480 e. The number of carboxylic acids is 1. The molecule has 0 radical (unpaired) electrons. The lowest BCUT2D eigenvalue weighted by Crippen LogP contribution is -2.49. The molecule has 0 heterocycles. The van der Waals surface area contributed by atoms with Crippen LogP contribution in [0.25, 0.3) is 0 Å². The SMILES string of the molecule is COCCN(C(=O)N[C@@H](CCO)C(=O)O)C1CC1. The standard InChI is InChI=1S/C11H20N2O5/c1-18-7-5-13(8-2-3-8)11(17)12-9(4-6-14)10(15)16/h8-9,14H,2-7H2,1H3,(H,12,17)(H,15,16)/t9-/m0/s1. The molecule has 1 saturated carbocycles. The number of amides is 2. The minimum absolute atomic E-state index is 0.00383. The van der Waals surface area contributed by atoms with Crippen molar-refractivity contribution in [2.45, 2.75) is 31.3 Å². The fourth-order valence-corrected chi connectivity index (χ4v) is 1.64. The van der Waals surface area contributed by atoms with Gasteiger partial charge in [-0.3, -0.25) is 0 Å². The molecule has 0 aromatic rings. The van der Waals surface area contributed by atoms with Gasteiger partial charge < -0.3 is 25.2 Å². The Kier molecular flexibility index (Phi) is 5.87. The number of aliphatic hydroxyl groups is 1. The van der Waals surface area contributed by atoms with Gasteiger partial charge in [-0.1, -0.05) is 0 Å². The van der Waals surface area contributed by atoms with Crippen molar-refractivity contribution in [1.29, 1.82) is 0 Å². The summed E-state index contributed by atoms with van der Waals surface area (Å²) in [7, 11) is 1.55. The summed E-state index contributed by atoms with van der Waals surface area (Å²) in [6, 6.07) is -1.27. The largest absolute Gasteiger partial charge is 0.480 e. The summed E-state index contributed by atoms with van der Waals surface area (Å²) in [5, 5.41) is 20.1. The van der Waals surface area contributed by atoms with Crippen molar-refractivity contribution in [3.8, 4) is 0 Å². The number of hydrogen-bond donors (Lipinski definition) is 3. The van der Waals surface area contributed by atoms with E-state index in [1.165, 1.54) is 0 Å². The highest BCUT2D eigenvalue weighted by Gasteiger charge is 2.33. The normalized spacial score (nSPS) is 16.1. The smallest absolute Gasteiger partial charge is 0.326 e. The molecule has 1 aliphatic carbocycles. The predicted molar refractivity (Wildman–Crippen MR) is 63.3 cm³/mol. The lowest BCUT2D eigenvalue weighted by Gasteiger charge is -2.24. The number of nitrogens with one attached hydrogen (secondary N) is 1. The zero-order chi connectivity index (χ0) is 13.5. The highest BCUT2D eigenvalue weighted by molar-refractivity contribution is 5.82. The summed E-state index contributed by atoms with van der Waals surface area (Å²) in [4.78, 5) is 24.4. The van der Waals surface area contributed by atoms with Gasteiger partial charge in [-0.05, 0) is 12.8 Å². The Morgan fingerprint density at radius 2 is 2.17 bits per heavy atom. The lowest BCUT2D eigenvalue weighted by molar-refractivity contribution is -0.139. The monoisotopic (exact) mass is 260 g/mol. The van der Waals surface area contributed by atoms with Crippen LogP contribution < -0.4 is 5.32 Å². The van der Waals surface area contributed by atoms with E-state index in [1.54, 1.807) is 12.0 Å². The third-order valence-corrected chi connectivity index (χ3v) is 2.80. The maximum Gasteiger partial charge on any atom is 0.326 e. The molecule has 7 heteroatoms. The van der Waals surface area contributed by atoms with E-state index < -0.39 is 18.0 Å². The number of carbonyl (C=O) groups is 2. The van der Waals surface area contributed by atoms with Gasteiger partial charge in [0, 0.05) is 32.7 Å². The van der Waals surface area contributed by atoms with Crippen molar-refractivity contribution < 1.29 is 24.5 Å². The van der Waals surface area contributed by atoms with Crippen molar-refractivity contribution in [1.82, 2.24) is 10.2 Å². The highest BCUT2D eigenvalue weighted by Crippen LogP contribution is 2.26. The van der Waals surface area contributed by atoms with Crippen molar-refractivity contribution in [2.24, 2.45) is 0 Å². The Balaban J connectivity index is 2.50. The van der Waals surface area contributed by atoms with Gasteiger partial charge in [0.25, 0.3) is 0 Å². The van der Waals surface area contributed by atoms with Gasteiger partial charge in [0.2, 0.25) is 0 Å². The molecule has 0 bridgehead atoms. The van der Waals surface area contributed by atoms with Crippen LogP contribution in [0.2, 0.25) is 0 Å². The zero-order valence-corrected chi connectivity index (χ0v) is 10.5. The number of urea groups is 1. The Hall–Kier alpha value is -1.34. The number of rotatable bonds is 8. The Bertz CT molecular complexity index is 293. The number of aliphatic hydroxyl groups excluding tert-OH is 1. The number of hydrogen-bond acceptors (Lipinski definition) is 4. The van der Waals surface area contributed by atoms with E-state index in [2.05, 4.69) is 5.32 Å². The van der Waals surface area contributed by atoms with E-state index in [9.17, 15) is 9.59 Å². The molecule has 7 nitrogen and oxygen atoms in total. The van der Waals surface area contributed by atoms with Crippen LogP contribution in [0.3, 0.4) is 0 Å². The minimum atomic E-state index is -1.14. The van der Waals surface area contributed by atoms with Crippen LogP contribution in [0, 0.1) is 0 Å². The average Bonchev–Trinajstić information content (AvgIpc) is 3.13. The van der Waals surface area contributed by atoms with Gasteiger partial charge in [0.05, 0.1) is 6.61 Å². The summed E-state index contributed by atoms with van der Waals surface area (Å²) in [5.74, 6) is -1.14. The van der Waals surface area contributed by atoms with Crippen molar-refractivity contribution >= 4 is 12.0 Å². The van der Waals surface area contributed by atoms with E-state index in [1.807, 2.05) is 0 Å². The quantitative estimate of drug-likeness (QED) is 0.553. The molecule has 0 aromatic heterocycles. The molecule has 1 atom stereocenters. The maximum atomic E-state index is 11.9. The molecule has 0 saturated heterocycles. The van der Waals surface area contributed by atoms with Crippen LogP contribution in [0.4, 0.5) is 4.79 Å². The molecule has 0 aliphatic heterocycles. The molecule has 18 heavy (non-hydrogen) atoms. The topological polar surface area (TPSA) is 99.1 Å². The Morgan fingerprint density at radius 3 is 2.61 bits per heavy atom. The van der Waals surface area contributed by atoms with Gasteiger partial charge in [-0.25, -0.2) is 9.59 Å². The third-order valence-electron chi connectivity index (χ3n) is 2.80. The summed E-state index contributed by atoms with van der Waals surface area (Å²) >= 11 is 0. The van der Waals surface area contributed by atoms with Crippen molar-refractivity contribution in [3.05, 3.63) is 0 Å². The van der Waals surface area contributed by atoms with Crippen LogP contribution in [0.1, 0.15) is 19.3 Å². The molecule has 3 N–H and O–H groups in total. The molecule has 0 spiro atoms. The number of aliphatic carboxylic acids is 1. The van der Waals surface area contributed by atoms with Crippen LogP contribution in [-0.2, 0) is 9.53 Å². The highest BCUT2D eigenvalue weighted by atomic mass is 16.5. The van der Waals surface area contributed by atoms with Gasteiger partial charge >= 0.3 is 12.0 Å². The lowest BCUT2D eigenvalue weighted by atomic mass is 10.2. The second kappa shape index (κ2) is 7.17. The van der Waals surface area contributed by atoms with Crippen LogP contribution in [0.5, 0.6) is 0 Å².